The third-order valence-electron chi connectivity index (χ3n) is 3.25. The average Bonchev–Trinajstić information content (AvgIpc) is 2.80. The van der Waals surface area contributed by atoms with E-state index in [0.717, 1.165) is 6.04 Å². The first-order chi connectivity index (χ1) is 6.62. The summed E-state index contributed by atoms with van der Waals surface area (Å²) in [6, 6.07) is 1.40. The first-order valence-electron chi connectivity index (χ1n) is 6.07. The summed E-state index contributed by atoms with van der Waals surface area (Å²) in [6.07, 6.45) is 2.89. The molecule has 0 radical (unpaired) electrons. The highest BCUT2D eigenvalue weighted by molar-refractivity contribution is 5.09. The van der Waals surface area contributed by atoms with E-state index in [0.29, 0.717) is 11.5 Å². The SMILES string of the molecule is CC.CC(C)NC1CN(C)CC12CC2.[HH]. The first kappa shape index (κ1) is 12.0. The summed E-state index contributed by atoms with van der Waals surface area (Å²) >= 11 is 0. The van der Waals surface area contributed by atoms with Crippen molar-refractivity contribution in [3.05, 3.63) is 0 Å². The molecule has 1 N–H and O–H groups in total. The highest BCUT2D eigenvalue weighted by Crippen LogP contribution is 2.52. The maximum absolute atomic E-state index is 3.68. The van der Waals surface area contributed by atoms with Crippen LogP contribution in [0.2, 0.25) is 0 Å². The molecule has 0 aromatic carbocycles. The van der Waals surface area contributed by atoms with Gasteiger partial charge in [-0.2, -0.15) is 0 Å². The van der Waals surface area contributed by atoms with Crippen LogP contribution in [-0.2, 0) is 0 Å². The minimum atomic E-state index is 0. The van der Waals surface area contributed by atoms with E-state index in [1.54, 1.807) is 0 Å². The van der Waals surface area contributed by atoms with E-state index in [-0.39, 0.29) is 1.43 Å². The summed E-state index contributed by atoms with van der Waals surface area (Å²) < 4.78 is 0. The van der Waals surface area contributed by atoms with Gasteiger partial charge in [0.2, 0.25) is 0 Å². The van der Waals surface area contributed by atoms with Crippen LogP contribution in [0.25, 0.3) is 0 Å². The first-order valence-corrected chi connectivity index (χ1v) is 6.07. The highest BCUT2D eigenvalue weighted by Gasteiger charge is 2.53. The van der Waals surface area contributed by atoms with Gasteiger partial charge in [0.05, 0.1) is 0 Å². The van der Waals surface area contributed by atoms with Gasteiger partial charge in [-0.1, -0.05) is 27.7 Å². The van der Waals surface area contributed by atoms with Crippen LogP contribution in [0.4, 0.5) is 0 Å². The monoisotopic (exact) mass is 200 g/mol. The molecule has 14 heavy (non-hydrogen) atoms. The molecule has 0 bridgehead atoms. The van der Waals surface area contributed by atoms with Gasteiger partial charge in [0.15, 0.2) is 0 Å². The van der Waals surface area contributed by atoms with Crippen LogP contribution in [0, 0.1) is 5.41 Å². The van der Waals surface area contributed by atoms with Crippen LogP contribution in [-0.4, -0.2) is 37.1 Å². The van der Waals surface area contributed by atoms with Crippen molar-refractivity contribution < 1.29 is 1.43 Å². The highest BCUT2D eigenvalue weighted by atomic mass is 15.2. The summed E-state index contributed by atoms with van der Waals surface area (Å²) in [5, 5.41) is 3.68. The van der Waals surface area contributed by atoms with Crippen LogP contribution in [0.1, 0.15) is 42.0 Å². The summed E-state index contributed by atoms with van der Waals surface area (Å²) in [7, 11) is 2.24. The Morgan fingerprint density at radius 1 is 1.36 bits per heavy atom. The van der Waals surface area contributed by atoms with E-state index in [4.69, 9.17) is 0 Å². The van der Waals surface area contributed by atoms with Crippen molar-refractivity contribution in [2.75, 3.05) is 20.1 Å². The zero-order valence-electron chi connectivity index (χ0n) is 10.4. The Bertz CT molecular complexity index is 178. The molecule has 1 spiro atoms. The molecule has 1 aliphatic carbocycles. The Kier molecular flexibility index (Phi) is 3.96. The van der Waals surface area contributed by atoms with Crippen molar-refractivity contribution in [3.8, 4) is 0 Å². The Labute approximate surface area is 90.5 Å². The maximum Gasteiger partial charge on any atom is 0.0265 e. The van der Waals surface area contributed by atoms with Crippen molar-refractivity contribution in [2.24, 2.45) is 5.41 Å². The van der Waals surface area contributed by atoms with E-state index in [1.807, 2.05) is 13.8 Å². The van der Waals surface area contributed by atoms with Gasteiger partial charge in [-0.3, -0.25) is 0 Å². The van der Waals surface area contributed by atoms with Gasteiger partial charge in [-0.05, 0) is 25.3 Å². The average molecular weight is 200 g/mol. The number of hydrogen-bond donors (Lipinski definition) is 1. The van der Waals surface area contributed by atoms with Crippen molar-refractivity contribution in [3.63, 3.8) is 0 Å². The topological polar surface area (TPSA) is 15.3 Å². The quantitative estimate of drug-likeness (QED) is 0.736. The normalized spacial score (nSPS) is 29.1. The lowest BCUT2D eigenvalue weighted by atomic mass is 10.0. The second-order valence-electron chi connectivity index (χ2n) is 4.93. The van der Waals surface area contributed by atoms with Crippen LogP contribution in [0.3, 0.4) is 0 Å². The minimum absolute atomic E-state index is 0. The Balaban J connectivity index is 0.000000617. The number of hydrogen-bond acceptors (Lipinski definition) is 2. The molecule has 0 aromatic rings. The van der Waals surface area contributed by atoms with Crippen molar-refractivity contribution >= 4 is 0 Å². The molecule has 2 rings (SSSR count). The Morgan fingerprint density at radius 2 is 1.93 bits per heavy atom. The molecular weight excluding hydrogens is 172 g/mol. The minimum Gasteiger partial charge on any atom is -0.310 e. The molecule has 2 nitrogen and oxygen atoms in total. The smallest absolute Gasteiger partial charge is 0.0265 e. The summed E-state index contributed by atoms with van der Waals surface area (Å²) in [5.74, 6) is 0. The lowest BCUT2D eigenvalue weighted by Gasteiger charge is -2.21. The maximum atomic E-state index is 3.68. The van der Waals surface area contributed by atoms with Gasteiger partial charge in [-0.15, -0.1) is 0 Å². The van der Waals surface area contributed by atoms with Crippen molar-refractivity contribution in [1.29, 1.82) is 0 Å². The molecule has 1 saturated carbocycles. The standard InChI is InChI=1S/C10H20N2.C2H6.H2/c1-8(2)11-9-6-12(3)7-10(9)4-5-10;1-2;/h8-9,11H,4-7H2,1-3H3;1-2H3;1H. The van der Waals surface area contributed by atoms with Crippen LogP contribution in [0.5, 0.6) is 0 Å². The van der Waals surface area contributed by atoms with Crippen molar-refractivity contribution in [2.45, 2.75) is 52.6 Å². The van der Waals surface area contributed by atoms with Gasteiger partial charge >= 0.3 is 0 Å². The summed E-state index contributed by atoms with van der Waals surface area (Å²) in [5.41, 5.74) is 0.680. The van der Waals surface area contributed by atoms with Gasteiger partial charge in [-0.25, -0.2) is 0 Å². The van der Waals surface area contributed by atoms with Crippen LogP contribution in [0.15, 0.2) is 0 Å². The fraction of sp³-hybridized carbons (Fsp3) is 1.00. The number of likely N-dealkylation sites (tertiary alicyclic amines) is 1. The molecule has 1 heterocycles. The molecule has 0 aromatic heterocycles. The predicted octanol–water partition coefficient (Wildman–Crippen LogP) is 2.35. The second-order valence-corrected chi connectivity index (χ2v) is 4.93. The molecule has 2 aliphatic rings. The van der Waals surface area contributed by atoms with Gasteiger partial charge in [0, 0.05) is 26.6 Å². The Morgan fingerprint density at radius 3 is 2.36 bits per heavy atom. The number of nitrogens with one attached hydrogen (secondary N) is 1. The van der Waals surface area contributed by atoms with E-state index in [1.165, 1.54) is 25.9 Å². The summed E-state index contributed by atoms with van der Waals surface area (Å²) in [4.78, 5) is 2.47. The van der Waals surface area contributed by atoms with Crippen molar-refractivity contribution in [1.82, 2.24) is 10.2 Å². The predicted molar refractivity (Wildman–Crippen MR) is 64.7 cm³/mol. The molecule has 0 amide bonds. The molecule has 1 unspecified atom stereocenters. The van der Waals surface area contributed by atoms with Crippen LogP contribution < -0.4 is 5.32 Å². The van der Waals surface area contributed by atoms with Crippen LogP contribution >= 0.6 is 0 Å². The van der Waals surface area contributed by atoms with E-state index in [9.17, 15) is 0 Å². The molecule has 86 valence electrons. The van der Waals surface area contributed by atoms with E-state index >= 15 is 0 Å². The van der Waals surface area contributed by atoms with E-state index < -0.39 is 0 Å². The Hall–Kier alpha value is -0.0800. The number of nitrogens with zero attached hydrogens (tertiary/aromatic N) is 1. The summed E-state index contributed by atoms with van der Waals surface area (Å²) in [6.45, 7) is 11.1. The van der Waals surface area contributed by atoms with Gasteiger partial charge in [0.1, 0.15) is 0 Å². The fourth-order valence-corrected chi connectivity index (χ4v) is 2.52. The molecule has 2 fully saturated rings. The fourth-order valence-electron chi connectivity index (χ4n) is 2.52. The molecule has 2 heteroatoms. The number of rotatable bonds is 2. The molecular formula is C12H28N2. The van der Waals surface area contributed by atoms with Gasteiger partial charge < -0.3 is 10.2 Å². The lowest BCUT2D eigenvalue weighted by Crippen LogP contribution is -2.41. The molecule has 1 atom stereocenters. The largest absolute Gasteiger partial charge is 0.310 e. The molecule has 1 saturated heterocycles. The lowest BCUT2D eigenvalue weighted by molar-refractivity contribution is 0.380. The zero-order valence-corrected chi connectivity index (χ0v) is 10.4. The third-order valence-corrected chi connectivity index (χ3v) is 3.25. The van der Waals surface area contributed by atoms with Gasteiger partial charge in [0.25, 0.3) is 0 Å². The second kappa shape index (κ2) is 4.63. The molecule has 1 aliphatic heterocycles. The third kappa shape index (κ3) is 2.48. The zero-order chi connectivity index (χ0) is 10.8. The van der Waals surface area contributed by atoms with E-state index in [2.05, 4.69) is 31.1 Å². The number of likely N-dealkylation sites (N-methyl/N-ethyl adjacent to an activating group) is 1.